The molecule has 112 valence electrons. The van der Waals surface area contributed by atoms with Crippen molar-refractivity contribution in [3.8, 4) is 0 Å². The molecule has 2 aromatic carbocycles. The first-order valence-corrected chi connectivity index (χ1v) is 8.12. The number of nitrogens with two attached hydrogens (primary N) is 1. The Hall–Kier alpha value is -2.27. The van der Waals surface area contributed by atoms with E-state index >= 15 is 0 Å². The number of nitrogens with zero attached hydrogens (tertiary/aromatic N) is 3. The van der Waals surface area contributed by atoms with Crippen molar-refractivity contribution in [1.29, 1.82) is 0 Å². The van der Waals surface area contributed by atoms with Gasteiger partial charge in [-0.2, -0.15) is 0 Å². The Kier molecular flexibility index (Phi) is 4.44. The number of aromatic nitrogens is 3. The van der Waals surface area contributed by atoms with Gasteiger partial charge in [-0.15, -0.1) is 10.2 Å². The second-order valence-electron chi connectivity index (χ2n) is 5.21. The van der Waals surface area contributed by atoms with E-state index in [0.29, 0.717) is 6.42 Å². The molecular formula is C17H18N4S. The van der Waals surface area contributed by atoms with E-state index in [1.165, 1.54) is 16.7 Å². The van der Waals surface area contributed by atoms with Gasteiger partial charge in [0.2, 0.25) is 5.16 Å². The molecule has 0 fully saturated rings. The summed E-state index contributed by atoms with van der Waals surface area (Å²) in [6.07, 6.45) is 0.690. The molecule has 1 heterocycles. The highest BCUT2D eigenvalue weighted by atomic mass is 32.2. The molecule has 0 unspecified atom stereocenters. The van der Waals surface area contributed by atoms with Crippen LogP contribution in [0.1, 0.15) is 22.5 Å². The first kappa shape index (κ1) is 14.7. The van der Waals surface area contributed by atoms with Crippen LogP contribution >= 0.6 is 11.8 Å². The molecule has 0 bridgehead atoms. The van der Waals surface area contributed by atoms with E-state index in [9.17, 15) is 0 Å². The minimum Gasteiger partial charge on any atom is -0.336 e. The molecule has 0 spiro atoms. The van der Waals surface area contributed by atoms with Gasteiger partial charge < -0.3 is 5.84 Å². The standard InChI is InChI=1S/C17H18N4S/c1-13-6-5-9-15(10-13)12-22-17-20-19-16(21(17)18)11-14-7-3-2-4-8-14/h2-10H,11-12,18H2,1H3. The van der Waals surface area contributed by atoms with Crippen LogP contribution in [0.15, 0.2) is 59.8 Å². The van der Waals surface area contributed by atoms with Gasteiger partial charge in [0.05, 0.1) is 0 Å². The molecular weight excluding hydrogens is 292 g/mol. The average molecular weight is 310 g/mol. The summed E-state index contributed by atoms with van der Waals surface area (Å²) < 4.78 is 1.59. The van der Waals surface area contributed by atoms with E-state index in [1.54, 1.807) is 16.4 Å². The number of benzene rings is 2. The zero-order valence-electron chi connectivity index (χ0n) is 12.4. The first-order valence-electron chi connectivity index (χ1n) is 7.14. The van der Waals surface area contributed by atoms with Crippen LogP contribution in [0.4, 0.5) is 0 Å². The molecule has 3 rings (SSSR count). The van der Waals surface area contributed by atoms with Crippen molar-refractivity contribution in [2.75, 3.05) is 5.84 Å². The summed E-state index contributed by atoms with van der Waals surface area (Å²) >= 11 is 1.60. The van der Waals surface area contributed by atoms with E-state index in [-0.39, 0.29) is 0 Å². The number of rotatable bonds is 5. The molecule has 0 aliphatic rings. The number of nitrogen functional groups attached to an aromatic ring is 1. The average Bonchev–Trinajstić information content (AvgIpc) is 2.87. The maximum atomic E-state index is 6.12. The smallest absolute Gasteiger partial charge is 0.210 e. The molecule has 3 aromatic rings. The monoisotopic (exact) mass is 310 g/mol. The fourth-order valence-electron chi connectivity index (χ4n) is 2.25. The van der Waals surface area contributed by atoms with Gasteiger partial charge in [0.1, 0.15) is 0 Å². The molecule has 0 saturated carbocycles. The van der Waals surface area contributed by atoms with Gasteiger partial charge in [-0.3, -0.25) is 0 Å². The van der Waals surface area contributed by atoms with Crippen LogP contribution in [-0.2, 0) is 12.2 Å². The highest BCUT2D eigenvalue weighted by Gasteiger charge is 2.10. The van der Waals surface area contributed by atoms with Crippen LogP contribution in [0.25, 0.3) is 0 Å². The molecule has 0 aliphatic carbocycles. The van der Waals surface area contributed by atoms with Gasteiger partial charge >= 0.3 is 0 Å². The van der Waals surface area contributed by atoms with Gasteiger partial charge in [0, 0.05) is 12.2 Å². The maximum absolute atomic E-state index is 6.12. The van der Waals surface area contributed by atoms with E-state index in [1.807, 2.05) is 18.2 Å². The molecule has 0 atom stereocenters. The lowest BCUT2D eigenvalue weighted by Crippen LogP contribution is -2.14. The molecule has 4 nitrogen and oxygen atoms in total. The molecule has 0 aliphatic heterocycles. The first-order chi connectivity index (χ1) is 10.7. The molecule has 2 N–H and O–H groups in total. The number of hydrogen-bond donors (Lipinski definition) is 1. The SMILES string of the molecule is Cc1cccc(CSc2nnc(Cc3ccccc3)n2N)c1. The molecule has 0 saturated heterocycles. The van der Waals surface area contributed by atoms with Crippen molar-refractivity contribution < 1.29 is 0 Å². The van der Waals surface area contributed by atoms with Crippen LogP contribution in [0.2, 0.25) is 0 Å². The molecule has 5 heteroatoms. The summed E-state index contributed by atoms with van der Waals surface area (Å²) in [5.41, 5.74) is 3.70. The predicted molar refractivity (Wildman–Crippen MR) is 90.2 cm³/mol. The number of aryl methyl sites for hydroxylation is 1. The summed E-state index contributed by atoms with van der Waals surface area (Å²) in [5.74, 6) is 7.73. The Labute approximate surface area is 134 Å². The highest BCUT2D eigenvalue weighted by Crippen LogP contribution is 2.21. The van der Waals surface area contributed by atoms with Gasteiger partial charge in [0.25, 0.3) is 0 Å². The zero-order valence-corrected chi connectivity index (χ0v) is 13.3. The van der Waals surface area contributed by atoms with Crippen LogP contribution < -0.4 is 5.84 Å². The second kappa shape index (κ2) is 6.66. The van der Waals surface area contributed by atoms with Gasteiger partial charge in [-0.1, -0.05) is 71.9 Å². The van der Waals surface area contributed by atoms with Crippen LogP contribution in [0, 0.1) is 6.92 Å². The Morgan fingerprint density at radius 3 is 2.55 bits per heavy atom. The molecule has 0 amide bonds. The predicted octanol–water partition coefficient (Wildman–Crippen LogP) is 3.18. The third kappa shape index (κ3) is 3.49. The fourth-order valence-corrected chi connectivity index (χ4v) is 3.07. The third-order valence-electron chi connectivity index (χ3n) is 3.39. The van der Waals surface area contributed by atoms with Gasteiger partial charge in [-0.05, 0) is 18.1 Å². The van der Waals surface area contributed by atoms with Crippen LogP contribution in [0.3, 0.4) is 0 Å². The van der Waals surface area contributed by atoms with Crippen LogP contribution in [-0.4, -0.2) is 14.9 Å². The lowest BCUT2D eigenvalue weighted by atomic mass is 10.1. The van der Waals surface area contributed by atoms with Crippen molar-refractivity contribution >= 4 is 11.8 Å². The fraction of sp³-hybridized carbons (Fsp3) is 0.176. The van der Waals surface area contributed by atoms with E-state index in [2.05, 4.69) is 53.5 Å². The summed E-state index contributed by atoms with van der Waals surface area (Å²) in [7, 11) is 0. The highest BCUT2D eigenvalue weighted by molar-refractivity contribution is 7.98. The maximum Gasteiger partial charge on any atom is 0.210 e. The molecule has 0 radical (unpaired) electrons. The minimum atomic E-state index is 0.690. The van der Waals surface area contributed by atoms with Crippen molar-refractivity contribution in [3.05, 3.63) is 77.1 Å². The van der Waals surface area contributed by atoms with Gasteiger partial charge in [-0.25, -0.2) is 4.68 Å². The topological polar surface area (TPSA) is 56.7 Å². The van der Waals surface area contributed by atoms with Crippen molar-refractivity contribution in [2.45, 2.75) is 24.3 Å². The Bertz CT molecular complexity index is 752. The molecule has 1 aromatic heterocycles. The second-order valence-corrected chi connectivity index (χ2v) is 6.15. The Balaban J connectivity index is 1.68. The van der Waals surface area contributed by atoms with Crippen molar-refractivity contribution in [2.24, 2.45) is 0 Å². The summed E-state index contributed by atoms with van der Waals surface area (Å²) in [6, 6.07) is 18.6. The minimum absolute atomic E-state index is 0.690. The van der Waals surface area contributed by atoms with E-state index in [4.69, 9.17) is 5.84 Å². The van der Waals surface area contributed by atoms with E-state index < -0.39 is 0 Å². The van der Waals surface area contributed by atoms with Crippen molar-refractivity contribution in [1.82, 2.24) is 14.9 Å². The Morgan fingerprint density at radius 1 is 1.00 bits per heavy atom. The Morgan fingerprint density at radius 2 is 1.77 bits per heavy atom. The molecule has 22 heavy (non-hydrogen) atoms. The summed E-state index contributed by atoms with van der Waals surface area (Å²) in [4.78, 5) is 0. The van der Waals surface area contributed by atoms with Crippen molar-refractivity contribution in [3.63, 3.8) is 0 Å². The van der Waals surface area contributed by atoms with Crippen LogP contribution in [0.5, 0.6) is 0 Å². The zero-order chi connectivity index (χ0) is 15.4. The quantitative estimate of drug-likeness (QED) is 0.581. The summed E-state index contributed by atoms with van der Waals surface area (Å²) in [5, 5.41) is 9.15. The number of thioether (sulfide) groups is 1. The lowest BCUT2D eigenvalue weighted by molar-refractivity contribution is 0.805. The number of hydrogen-bond acceptors (Lipinski definition) is 4. The lowest BCUT2D eigenvalue weighted by Gasteiger charge is -2.04. The van der Waals surface area contributed by atoms with Gasteiger partial charge in [0.15, 0.2) is 5.82 Å². The summed E-state index contributed by atoms with van der Waals surface area (Å²) in [6.45, 7) is 2.09. The normalized spacial score (nSPS) is 10.8. The van der Waals surface area contributed by atoms with E-state index in [0.717, 1.165) is 16.7 Å². The largest absolute Gasteiger partial charge is 0.336 e. The third-order valence-corrected chi connectivity index (χ3v) is 4.40.